The Bertz CT molecular complexity index is 450. The van der Waals surface area contributed by atoms with E-state index in [4.69, 9.17) is 4.74 Å². The molecule has 1 fully saturated rings. The van der Waals surface area contributed by atoms with Gasteiger partial charge in [-0.05, 0) is 6.07 Å². The average Bonchev–Trinajstić information content (AvgIpc) is 2.23. The summed E-state index contributed by atoms with van der Waals surface area (Å²) in [4.78, 5) is 22.8. The van der Waals surface area contributed by atoms with Crippen LogP contribution in [0.2, 0.25) is 0 Å². The molecular formula is C10H10N2O4. The number of ketones is 1. The molecule has 16 heavy (non-hydrogen) atoms. The summed E-state index contributed by atoms with van der Waals surface area (Å²) in [6.07, 6.45) is 0. The summed E-state index contributed by atoms with van der Waals surface area (Å²) < 4.78 is 4.94. The SMILES string of the molecule is COc1cc(N2CC(=O)C2)ccc1[N+](=O)[O-]. The minimum Gasteiger partial charge on any atom is -0.490 e. The van der Waals surface area contributed by atoms with Crippen molar-refractivity contribution in [3.05, 3.63) is 28.3 Å². The van der Waals surface area contributed by atoms with Crippen molar-refractivity contribution in [1.82, 2.24) is 0 Å². The summed E-state index contributed by atoms with van der Waals surface area (Å²) >= 11 is 0. The number of ether oxygens (including phenoxy) is 1. The van der Waals surface area contributed by atoms with Crippen LogP contribution in [0.4, 0.5) is 11.4 Å². The number of anilines is 1. The molecule has 1 heterocycles. The van der Waals surface area contributed by atoms with E-state index in [9.17, 15) is 14.9 Å². The van der Waals surface area contributed by atoms with Crippen molar-refractivity contribution in [2.75, 3.05) is 25.1 Å². The zero-order chi connectivity index (χ0) is 11.7. The van der Waals surface area contributed by atoms with Gasteiger partial charge >= 0.3 is 5.69 Å². The van der Waals surface area contributed by atoms with Crippen LogP contribution in [0, 0.1) is 10.1 Å². The third kappa shape index (κ3) is 1.69. The molecule has 1 saturated heterocycles. The highest BCUT2D eigenvalue weighted by Crippen LogP contribution is 2.32. The lowest BCUT2D eigenvalue weighted by atomic mass is 10.1. The van der Waals surface area contributed by atoms with Gasteiger partial charge < -0.3 is 9.64 Å². The molecule has 0 saturated carbocycles. The molecule has 0 radical (unpaired) electrons. The maximum atomic E-state index is 10.8. The number of hydrogen-bond donors (Lipinski definition) is 0. The van der Waals surface area contributed by atoms with Crippen molar-refractivity contribution < 1.29 is 14.5 Å². The molecule has 0 aliphatic carbocycles. The summed E-state index contributed by atoms with van der Waals surface area (Å²) in [6, 6.07) is 4.58. The van der Waals surface area contributed by atoms with Crippen molar-refractivity contribution in [2.45, 2.75) is 0 Å². The average molecular weight is 222 g/mol. The number of benzene rings is 1. The normalized spacial score (nSPS) is 14.6. The van der Waals surface area contributed by atoms with Crippen LogP contribution < -0.4 is 9.64 Å². The van der Waals surface area contributed by atoms with Crippen LogP contribution >= 0.6 is 0 Å². The minimum absolute atomic E-state index is 0.0712. The Morgan fingerprint density at radius 3 is 2.62 bits per heavy atom. The lowest BCUT2D eigenvalue weighted by Crippen LogP contribution is -2.47. The fourth-order valence-corrected chi connectivity index (χ4v) is 1.58. The number of hydrogen-bond acceptors (Lipinski definition) is 5. The molecule has 0 bridgehead atoms. The van der Waals surface area contributed by atoms with Gasteiger partial charge in [0, 0.05) is 17.8 Å². The quantitative estimate of drug-likeness (QED) is 0.563. The van der Waals surface area contributed by atoms with Gasteiger partial charge in [0.2, 0.25) is 0 Å². The van der Waals surface area contributed by atoms with Crippen LogP contribution in [-0.4, -0.2) is 30.9 Å². The van der Waals surface area contributed by atoms with Gasteiger partial charge in [-0.3, -0.25) is 14.9 Å². The van der Waals surface area contributed by atoms with Crippen LogP contribution in [0.15, 0.2) is 18.2 Å². The Kier molecular flexibility index (Phi) is 2.47. The summed E-state index contributed by atoms with van der Waals surface area (Å²) in [5, 5.41) is 10.7. The molecule has 1 aliphatic rings. The van der Waals surface area contributed by atoms with E-state index in [-0.39, 0.29) is 17.2 Å². The minimum atomic E-state index is -0.496. The molecule has 6 nitrogen and oxygen atoms in total. The molecule has 0 atom stereocenters. The standard InChI is InChI=1S/C10H10N2O4/c1-16-10-4-7(11-5-8(13)6-11)2-3-9(10)12(14)15/h2-4H,5-6H2,1H3. The van der Waals surface area contributed by atoms with Gasteiger partial charge in [-0.1, -0.05) is 0 Å². The van der Waals surface area contributed by atoms with E-state index in [0.717, 1.165) is 5.69 Å². The maximum absolute atomic E-state index is 10.8. The number of carbonyl (C=O) groups excluding carboxylic acids is 1. The number of nitro benzene ring substituents is 1. The zero-order valence-electron chi connectivity index (χ0n) is 8.67. The van der Waals surface area contributed by atoms with Crippen LogP contribution in [0.3, 0.4) is 0 Å². The lowest BCUT2D eigenvalue weighted by molar-refractivity contribution is -0.385. The first-order chi connectivity index (χ1) is 7.61. The van der Waals surface area contributed by atoms with E-state index in [0.29, 0.717) is 13.1 Å². The molecule has 0 N–H and O–H groups in total. The number of nitrogens with zero attached hydrogens (tertiary/aromatic N) is 2. The molecule has 0 unspecified atom stereocenters. The Morgan fingerprint density at radius 2 is 2.12 bits per heavy atom. The fraction of sp³-hybridized carbons (Fsp3) is 0.300. The highest BCUT2D eigenvalue weighted by molar-refractivity contribution is 5.95. The van der Waals surface area contributed by atoms with Gasteiger partial charge in [-0.2, -0.15) is 0 Å². The predicted molar refractivity (Wildman–Crippen MR) is 56.9 cm³/mol. The molecule has 0 amide bonds. The van der Waals surface area contributed by atoms with Gasteiger partial charge in [0.25, 0.3) is 0 Å². The van der Waals surface area contributed by atoms with E-state index in [1.807, 2.05) is 4.90 Å². The van der Waals surface area contributed by atoms with Crippen molar-refractivity contribution in [2.24, 2.45) is 0 Å². The first-order valence-electron chi connectivity index (χ1n) is 4.71. The third-order valence-electron chi connectivity index (χ3n) is 2.46. The second kappa shape index (κ2) is 3.80. The van der Waals surface area contributed by atoms with Gasteiger partial charge in [-0.25, -0.2) is 0 Å². The summed E-state index contributed by atoms with van der Waals surface area (Å²) in [7, 11) is 1.38. The lowest BCUT2D eigenvalue weighted by Gasteiger charge is -2.31. The largest absolute Gasteiger partial charge is 0.490 e. The van der Waals surface area contributed by atoms with Gasteiger partial charge in [0.15, 0.2) is 11.5 Å². The Morgan fingerprint density at radius 1 is 1.44 bits per heavy atom. The predicted octanol–water partition coefficient (Wildman–Crippen LogP) is 0.992. The Hall–Kier alpha value is -2.11. The highest BCUT2D eigenvalue weighted by atomic mass is 16.6. The van der Waals surface area contributed by atoms with Crippen LogP contribution in [-0.2, 0) is 4.79 Å². The van der Waals surface area contributed by atoms with Gasteiger partial charge in [0.05, 0.1) is 25.1 Å². The highest BCUT2D eigenvalue weighted by Gasteiger charge is 2.25. The number of nitro groups is 1. The molecule has 1 aromatic carbocycles. The van der Waals surface area contributed by atoms with E-state index >= 15 is 0 Å². The van der Waals surface area contributed by atoms with Crippen molar-refractivity contribution in [3.63, 3.8) is 0 Å². The molecule has 1 aliphatic heterocycles. The smallest absolute Gasteiger partial charge is 0.311 e. The number of Topliss-reactive ketones (excluding diaryl/α,β-unsaturated/α-hetero) is 1. The molecule has 2 rings (SSSR count). The third-order valence-corrected chi connectivity index (χ3v) is 2.46. The molecule has 84 valence electrons. The Labute approximate surface area is 91.6 Å². The van der Waals surface area contributed by atoms with Crippen molar-refractivity contribution in [1.29, 1.82) is 0 Å². The second-order valence-electron chi connectivity index (χ2n) is 3.51. The molecular weight excluding hydrogens is 212 g/mol. The molecule has 0 spiro atoms. The molecule has 0 aromatic heterocycles. The summed E-state index contributed by atoms with van der Waals surface area (Å²) in [5.41, 5.74) is 0.695. The van der Waals surface area contributed by atoms with E-state index in [2.05, 4.69) is 0 Å². The van der Waals surface area contributed by atoms with Gasteiger partial charge in [0.1, 0.15) is 0 Å². The zero-order valence-corrected chi connectivity index (χ0v) is 8.67. The second-order valence-corrected chi connectivity index (χ2v) is 3.51. The van der Waals surface area contributed by atoms with Crippen molar-refractivity contribution in [3.8, 4) is 5.75 Å². The fourth-order valence-electron chi connectivity index (χ4n) is 1.58. The van der Waals surface area contributed by atoms with Gasteiger partial charge in [-0.15, -0.1) is 0 Å². The van der Waals surface area contributed by atoms with Crippen LogP contribution in [0.5, 0.6) is 5.75 Å². The summed E-state index contributed by atoms with van der Waals surface area (Å²) in [6.45, 7) is 0.724. The van der Waals surface area contributed by atoms with Crippen LogP contribution in [0.25, 0.3) is 0 Å². The first kappa shape index (κ1) is 10.4. The number of carbonyl (C=O) groups is 1. The van der Waals surface area contributed by atoms with E-state index in [1.54, 1.807) is 12.1 Å². The number of rotatable bonds is 3. The first-order valence-corrected chi connectivity index (χ1v) is 4.71. The van der Waals surface area contributed by atoms with E-state index in [1.165, 1.54) is 13.2 Å². The number of methoxy groups -OCH3 is 1. The summed E-state index contributed by atoms with van der Waals surface area (Å²) in [5.74, 6) is 0.374. The van der Waals surface area contributed by atoms with E-state index < -0.39 is 4.92 Å². The van der Waals surface area contributed by atoms with Crippen molar-refractivity contribution >= 4 is 17.2 Å². The molecule has 1 aromatic rings. The monoisotopic (exact) mass is 222 g/mol. The van der Waals surface area contributed by atoms with Crippen LogP contribution in [0.1, 0.15) is 0 Å². The molecule has 6 heteroatoms. The topological polar surface area (TPSA) is 72.7 Å². The maximum Gasteiger partial charge on any atom is 0.311 e. The Balaban J connectivity index is 2.29.